The Hall–Kier alpha value is -1.87. The van der Waals surface area contributed by atoms with Crippen LogP contribution in [0, 0.1) is 0 Å². The van der Waals surface area contributed by atoms with Crippen LogP contribution in [0.3, 0.4) is 0 Å². The molecular weight excluding hydrogens is 333 g/mol. The molecule has 2 saturated heterocycles. The van der Waals surface area contributed by atoms with Gasteiger partial charge in [0.25, 0.3) is 0 Å². The van der Waals surface area contributed by atoms with Gasteiger partial charge < -0.3 is 10.6 Å². The monoisotopic (exact) mass is 354 g/mol. The number of hydrogen-bond acceptors (Lipinski definition) is 5. The zero-order valence-corrected chi connectivity index (χ0v) is 14.0. The van der Waals surface area contributed by atoms with E-state index >= 15 is 0 Å². The molecule has 6 nitrogen and oxygen atoms in total. The lowest BCUT2D eigenvalue weighted by Crippen LogP contribution is -2.60. The first kappa shape index (κ1) is 16.6. The third-order valence-corrected chi connectivity index (χ3v) is 5.55. The smallest absolute Gasteiger partial charge is 0.364 e. The number of piperidine rings is 1. The van der Waals surface area contributed by atoms with E-state index in [0.29, 0.717) is 11.3 Å². The molecule has 2 aromatic rings. The lowest BCUT2D eigenvalue weighted by atomic mass is 9.83. The number of halogens is 3. The van der Waals surface area contributed by atoms with E-state index in [2.05, 4.69) is 32.7 Å². The molecule has 0 amide bonds. The normalized spacial score (nSPS) is 28.1. The number of nitrogens with zero attached hydrogens (tertiary/aromatic N) is 4. The van der Waals surface area contributed by atoms with Gasteiger partial charge in [0.2, 0.25) is 0 Å². The van der Waals surface area contributed by atoms with Gasteiger partial charge in [0, 0.05) is 37.6 Å². The van der Waals surface area contributed by atoms with Gasteiger partial charge in [0.15, 0.2) is 11.5 Å². The third kappa shape index (κ3) is 2.75. The molecule has 9 heteroatoms. The van der Waals surface area contributed by atoms with Crippen LogP contribution in [0.15, 0.2) is 18.5 Å². The van der Waals surface area contributed by atoms with E-state index in [1.54, 1.807) is 0 Å². The van der Waals surface area contributed by atoms with E-state index in [1.807, 2.05) is 0 Å². The second kappa shape index (κ2) is 5.84. The zero-order valence-electron chi connectivity index (χ0n) is 14.0. The Morgan fingerprint density at radius 2 is 2.24 bits per heavy atom. The molecule has 2 aliphatic rings. The van der Waals surface area contributed by atoms with Gasteiger partial charge in [-0.2, -0.15) is 18.3 Å². The average Bonchev–Trinajstić information content (AvgIpc) is 3.14. The highest BCUT2D eigenvalue weighted by atomic mass is 19.4. The number of anilines is 1. The van der Waals surface area contributed by atoms with Crippen molar-refractivity contribution in [2.75, 3.05) is 32.0 Å². The Morgan fingerprint density at radius 3 is 2.96 bits per heavy atom. The number of fused-ring (bicyclic) bond motifs is 1. The molecule has 4 rings (SSSR count). The van der Waals surface area contributed by atoms with Crippen LogP contribution in [0.4, 0.5) is 19.0 Å². The molecule has 136 valence electrons. The lowest BCUT2D eigenvalue weighted by molar-refractivity contribution is -0.141. The molecule has 2 unspecified atom stereocenters. The highest BCUT2D eigenvalue weighted by molar-refractivity contribution is 5.68. The van der Waals surface area contributed by atoms with Crippen LogP contribution < -0.4 is 10.6 Å². The zero-order chi connectivity index (χ0) is 17.7. The fraction of sp³-hybridized carbons (Fsp3) is 0.625. The van der Waals surface area contributed by atoms with Crippen LogP contribution in [0.1, 0.15) is 25.0 Å². The van der Waals surface area contributed by atoms with Crippen molar-refractivity contribution in [1.29, 1.82) is 0 Å². The Labute approximate surface area is 143 Å². The van der Waals surface area contributed by atoms with Crippen LogP contribution in [0.5, 0.6) is 0 Å². The van der Waals surface area contributed by atoms with Crippen molar-refractivity contribution in [3.05, 3.63) is 24.2 Å². The Morgan fingerprint density at radius 1 is 1.40 bits per heavy atom. The molecule has 2 fully saturated rings. The summed E-state index contributed by atoms with van der Waals surface area (Å²) in [5.74, 6) is 0.454. The summed E-state index contributed by atoms with van der Waals surface area (Å²) in [6.07, 6.45) is 1.53. The maximum atomic E-state index is 13.0. The molecule has 1 spiro atoms. The summed E-state index contributed by atoms with van der Waals surface area (Å²) in [4.78, 5) is 6.65. The van der Waals surface area contributed by atoms with Crippen LogP contribution >= 0.6 is 0 Å². The first-order chi connectivity index (χ1) is 11.9. The van der Waals surface area contributed by atoms with Gasteiger partial charge in [-0.15, -0.1) is 0 Å². The fourth-order valence-electron chi connectivity index (χ4n) is 4.16. The summed E-state index contributed by atoms with van der Waals surface area (Å²) >= 11 is 0. The standard InChI is InChI=1S/C16H21F3N6/c1-24-7-3-12(15(24)4-2-5-20-10-15)22-14-11-9-13(16(17,18)19)23-25(11)8-6-21-14/h6,8-9,12,20H,2-5,7,10H2,1H3,(H,21,22). The number of hydrogen-bond donors (Lipinski definition) is 2. The quantitative estimate of drug-likeness (QED) is 0.864. The molecule has 0 bridgehead atoms. The summed E-state index contributed by atoms with van der Waals surface area (Å²) in [5, 5.41) is 10.5. The topological polar surface area (TPSA) is 57.5 Å². The van der Waals surface area contributed by atoms with Crippen molar-refractivity contribution in [2.45, 2.75) is 37.0 Å². The van der Waals surface area contributed by atoms with E-state index in [0.717, 1.165) is 45.0 Å². The minimum atomic E-state index is -4.47. The van der Waals surface area contributed by atoms with E-state index in [1.165, 1.54) is 16.9 Å². The Balaban J connectivity index is 1.67. The number of nitrogens with one attached hydrogen (secondary N) is 2. The molecular formula is C16H21F3N6. The summed E-state index contributed by atoms with van der Waals surface area (Å²) in [6.45, 7) is 2.83. The summed E-state index contributed by atoms with van der Waals surface area (Å²) in [7, 11) is 2.11. The van der Waals surface area contributed by atoms with Crippen LogP contribution in [0.25, 0.3) is 5.52 Å². The van der Waals surface area contributed by atoms with Crippen molar-refractivity contribution < 1.29 is 13.2 Å². The van der Waals surface area contributed by atoms with Gasteiger partial charge in [0.1, 0.15) is 5.52 Å². The van der Waals surface area contributed by atoms with E-state index < -0.39 is 11.9 Å². The van der Waals surface area contributed by atoms with Crippen LogP contribution in [0.2, 0.25) is 0 Å². The number of rotatable bonds is 2. The van der Waals surface area contributed by atoms with E-state index in [4.69, 9.17) is 0 Å². The fourth-order valence-corrected chi connectivity index (χ4v) is 4.16. The van der Waals surface area contributed by atoms with Crippen molar-refractivity contribution in [3.8, 4) is 0 Å². The van der Waals surface area contributed by atoms with Gasteiger partial charge in [-0.05, 0) is 32.9 Å². The highest BCUT2D eigenvalue weighted by Gasteiger charge is 2.47. The Bertz CT molecular complexity index is 765. The minimum Gasteiger partial charge on any atom is -0.364 e. The Kier molecular flexibility index (Phi) is 3.88. The van der Waals surface area contributed by atoms with Crippen LogP contribution in [-0.4, -0.2) is 57.8 Å². The van der Waals surface area contributed by atoms with E-state index in [9.17, 15) is 13.2 Å². The molecule has 0 saturated carbocycles. The SMILES string of the molecule is CN1CCC(Nc2nccn3nc(C(F)(F)F)cc23)C12CCCNC2. The second-order valence-corrected chi connectivity index (χ2v) is 6.92. The van der Waals surface area contributed by atoms with Gasteiger partial charge in [-0.25, -0.2) is 9.50 Å². The number of likely N-dealkylation sites (N-methyl/N-ethyl adjacent to an activating group) is 1. The molecule has 4 heterocycles. The first-order valence-corrected chi connectivity index (χ1v) is 8.50. The highest BCUT2D eigenvalue weighted by Crippen LogP contribution is 2.36. The molecule has 2 aromatic heterocycles. The van der Waals surface area contributed by atoms with Crippen molar-refractivity contribution in [3.63, 3.8) is 0 Å². The van der Waals surface area contributed by atoms with E-state index in [-0.39, 0.29) is 11.6 Å². The molecule has 0 aromatic carbocycles. The summed E-state index contributed by atoms with van der Waals surface area (Å²) < 4.78 is 40.1. The molecule has 2 aliphatic heterocycles. The number of likely N-dealkylation sites (tertiary alicyclic amines) is 1. The third-order valence-electron chi connectivity index (χ3n) is 5.55. The number of aromatic nitrogens is 3. The molecule has 2 atom stereocenters. The predicted molar refractivity (Wildman–Crippen MR) is 87.5 cm³/mol. The average molecular weight is 354 g/mol. The van der Waals surface area contributed by atoms with Gasteiger partial charge in [-0.3, -0.25) is 4.90 Å². The predicted octanol–water partition coefficient (Wildman–Crippen LogP) is 1.99. The van der Waals surface area contributed by atoms with Crippen molar-refractivity contribution in [1.82, 2.24) is 24.8 Å². The van der Waals surface area contributed by atoms with Crippen molar-refractivity contribution in [2.24, 2.45) is 0 Å². The molecule has 25 heavy (non-hydrogen) atoms. The first-order valence-electron chi connectivity index (χ1n) is 8.50. The molecule has 2 N–H and O–H groups in total. The largest absolute Gasteiger partial charge is 0.435 e. The van der Waals surface area contributed by atoms with Crippen molar-refractivity contribution >= 4 is 11.3 Å². The van der Waals surface area contributed by atoms with Gasteiger partial charge in [-0.1, -0.05) is 0 Å². The summed E-state index contributed by atoms with van der Waals surface area (Å²) in [6, 6.07) is 1.19. The maximum Gasteiger partial charge on any atom is 0.435 e. The summed E-state index contributed by atoms with van der Waals surface area (Å²) in [5.41, 5.74) is -0.580. The molecule has 0 aliphatic carbocycles. The lowest BCUT2D eigenvalue weighted by Gasteiger charge is -2.44. The second-order valence-electron chi connectivity index (χ2n) is 6.92. The van der Waals surface area contributed by atoms with Gasteiger partial charge in [0.05, 0.1) is 5.54 Å². The maximum absolute atomic E-state index is 13.0. The number of alkyl halides is 3. The minimum absolute atomic E-state index is 0.0281. The molecule has 0 radical (unpaired) electrons. The van der Waals surface area contributed by atoms with Gasteiger partial charge >= 0.3 is 6.18 Å². The van der Waals surface area contributed by atoms with Crippen LogP contribution in [-0.2, 0) is 6.18 Å².